The lowest BCUT2D eigenvalue weighted by Crippen LogP contribution is -2.23. The van der Waals surface area contributed by atoms with E-state index in [4.69, 9.17) is 9.47 Å². The van der Waals surface area contributed by atoms with Gasteiger partial charge in [0.1, 0.15) is 0 Å². The molecule has 2 atom stereocenters. The van der Waals surface area contributed by atoms with E-state index in [0.717, 1.165) is 6.29 Å². The highest BCUT2D eigenvalue weighted by Gasteiger charge is 2.23. The van der Waals surface area contributed by atoms with Crippen LogP contribution < -0.4 is 5.32 Å². The molecule has 0 amide bonds. The van der Waals surface area contributed by atoms with Crippen molar-refractivity contribution < 1.29 is 14.3 Å². The van der Waals surface area contributed by atoms with Gasteiger partial charge in [-0.05, 0) is 0 Å². The Morgan fingerprint density at radius 2 is 2.70 bits per heavy atom. The first-order valence-electron chi connectivity index (χ1n) is 3.20. The SMILES string of the molecule is COCC1CNC(C=O)O1. The quantitative estimate of drug-likeness (QED) is 0.525. The monoisotopic (exact) mass is 145 g/mol. The van der Waals surface area contributed by atoms with Crippen LogP contribution in [0, 0.1) is 0 Å². The molecule has 1 fully saturated rings. The van der Waals surface area contributed by atoms with Gasteiger partial charge in [-0.2, -0.15) is 0 Å². The largest absolute Gasteiger partial charge is 0.382 e. The first-order chi connectivity index (χ1) is 4.86. The summed E-state index contributed by atoms with van der Waals surface area (Å²) in [6.07, 6.45) is 0.343. The number of aldehydes is 1. The van der Waals surface area contributed by atoms with E-state index in [1.807, 2.05) is 0 Å². The van der Waals surface area contributed by atoms with Gasteiger partial charge in [-0.3, -0.25) is 10.1 Å². The lowest BCUT2D eigenvalue weighted by Gasteiger charge is -2.05. The maximum absolute atomic E-state index is 10.1. The van der Waals surface area contributed by atoms with Crippen LogP contribution in [-0.4, -0.2) is 38.9 Å². The molecule has 0 spiro atoms. The van der Waals surface area contributed by atoms with Crippen molar-refractivity contribution in [2.75, 3.05) is 20.3 Å². The summed E-state index contributed by atoms with van der Waals surface area (Å²) in [7, 11) is 1.61. The van der Waals surface area contributed by atoms with Gasteiger partial charge in [0.05, 0.1) is 12.7 Å². The van der Waals surface area contributed by atoms with Gasteiger partial charge < -0.3 is 9.47 Å². The van der Waals surface area contributed by atoms with Gasteiger partial charge in [0.2, 0.25) is 0 Å². The molecule has 1 N–H and O–H groups in total. The number of hydrogen-bond donors (Lipinski definition) is 1. The van der Waals surface area contributed by atoms with E-state index in [0.29, 0.717) is 13.2 Å². The lowest BCUT2D eigenvalue weighted by atomic mass is 10.4. The van der Waals surface area contributed by atoms with Crippen molar-refractivity contribution in [3.05, 3.63) is 0 Å². The van der Waals surface area contributed by atoms with Crippen LogP contribution in [-0.2, 0) is 14.3 Å². The second-order valence-corrected chi connectivity index (χ2v) is 2.18. The van der Waals surface area contributed by atoms with Crippen LogP contribution in [0.25, 0.3) is 0 Å². The van der Waals surface area contributed by atoms with E-state index in [2.05, 4.69) is 5.32 Å². The van der Waals surface area contributed by atoms with E-state index in [1.165, 1.54) is 0 Å². The Kier molecular flexibility index (Phi) is 2.80. The predicted molar refractivity (Wildman–Crippen MR) is 34.6 cm³/mol. The number of carbonyl (C=O) groups is 1. The van der Waals surface area contributed by atoms with Crippen molar-refractivity contribution in [3.63, 3.8) is 0 Å². The average molecular weight is 145 g/mol. The van der Waals surface area contributed by atoms with Gasteiger partial charge in [-0.25, -0.2) is 0 Å². The zero-order valence-electron chi connectivity index (χ0n) is 5.87. The zero-order valence-corrected chi connectivity index (χ0v) is 5.87. The van der Waals surface area contributed by atoms with Crippen LogP contribution in [0.3, 0.4) is 0 Å². The van der Waals surface area contributed by atoms with Crippen LogP contribution >= 0.6 is 0 Å². The van der Waals surface area contributed by atoms with E-state index < -0.39 is 6.23 Å². The minimum absolute atomic E-state index is 0.0280. The minimum atomic E-state index is -0.430. The molecule has 0 aromatic heterocycles. The van der Waals surface area contributed by atoms with Crippen LogP contribution in [0.4, 0.5) is 0 Å². The fourth-order valence-corrected chi connectivity index (χ4v) is 0.915. The maximum Gasteiger partial charge on any atom is 0.165 e. The van der Waals surface area contributed by atoms with E-state index in [1.54, 1.807) is 7.11 Å². The Morgan fingerprint density at radius 3 is 3.20 bits per heavy atom. The fourth-order valence-electron chi connectivity index (χ4n) is 0.915. The van der Waals surface area contributed by atoms with Crippen LogP contribution in [0.15, 0.2) is 0 Å². The molecule has 1 aliphatic heterocycles. The average Bonchev–Trinajstić information content (AvgIpc) is 2.37. The van der Waals surface area contributed by atoms with Crippen molar-refractivity contribution in [1.29, 1.82) is 0 Å². The number of rotatable bonds is 3. The molecular weight excluding hydrogens is 134 g/mol. The molecule has 4 heteroatoms. The van der Waals surface area contributed by atoms with Crippen molar-refractivity contribution in [2.24, 2.45) is 0 Å². The second kappa shape index (κ2) is 3.65. The van der Waals surface area contributed by atoms with Crippen molar-refractivity contribution in [3.8, 4) is 0 Å². The van der Waals surface area contributed by atoms with Gasteiger partial charge >= 0.3 is 0 Å². The van der Waals surface area contributed by atoms with Gasteiger partial charge in [0.25, 0.3) is 0 Å². The summed E-state index contributed by atoms with van der Waals surface area (Å²) in [5, 5.41) is 2.87. The number of ether oxygens (including phenoxy) is 2. The van der Waals surface area contributed by atoms with Gasteiger partial charge in [0, 0.05) is 13.7 Å². The summed E-state index contributed by atoms with van der Waals surface area (Å²) < 4.78 is 9.98. The van der Waals surface area contributed by atoms with Crippen LogP contribution in [0.1, 0.15) is 0 Å². The molecule has 58 valence electrons. The lowest BCUT2D eigenvalue weighted by molar-refractivity contribution is -0.119. The normalized spacial score (nSPS) is 32.5. The Morgan fingerprint density at radius 1 is 1.90 bits per heavy atom. The summed E-state index contributed by atoms with van der Waals surface area (Å²) in [6, 6.07) is 0. The van der Waals surface area contributed by atoms with Crippen LogP contribution in [0.5, 0.6) is 0 Å². The Hall–Kier alpha value is -0.450. The third-order valence-corrected chi connectivity index (χ3v) is 1.36. The summed E-state index contributed by atoms with van der Waals surface area (Å²) in [5.41, 5.74) is 0. The summed E-state index contributed by atoms with van der Waals surface area (Å²) in [4.78, 5) is 10.1. The van der Waals surface area contributed by atoms with Gasteiger partial charge in [-0.1, -0.05) is 0 Å². The summed E-state index contributed by atoms with van der Waals surface area (Å²) in [5.74, 6) is 0. The fraction of sp³-hybridized carbons (Fsp3) is 0.833. The minimum Gasteiger partial charge on any atom is -0.382 e. The molecule has 4 nitrogen and oxygen atoms in total. The van der Waals surface area contributed by atoms with Gasteiger partial charge in [0.15, 0.2) is 12.5 Å². The van der Waals surface area contributed by atoms with Crippen molar-refractivity contribution in [2.45, 2.75) is 12.3 Å². The highest BCUT2D eigenvalue weighted by Crippen LogP contribution is 2.02. The predicted octanol–water partition coefficient (Wildman–Crippen LogP) is -0.854. The Labute approximate surface area is 59.5 Å². The number of carbonyl (C=O) groups excluding carboxylic acids is 1. The summed E-state index contributed by atoms with van der Waals surface area (Å²) >= 11 is 0. The molecule has 2 unspecified atom stereocenters. The molecular formula is C6H11NO3. The third kappa shape index (κ3) is 1.76. The Balaban J connectivity index is 2.21. The number of methoxy groups -OCH3 is 1. The highest BCUT2D eigenvalue weighted by molar-refractivity contribution is 5.55. The molecule has 1 rings (SSSR count). The number of hydrogen-bond acceptors (Lipinski definition) is 4. The van der Waals surface area contributed by atoms with Crippen molar-refractivity contribution in [1.82, 2.24) is 5.32 Å². The molecule has 0 radical (unpaired) electrons. The number of nitrogens with one attached hydrogen (secondary N) is 1. The molecule has 0 bridgehead atoms. The molecule has 0 aliphatic carbocycles. The standard InChI is InChI=1S/C6H11NO3/c1-9-4-5-2-7-6(3-8)10-5/h3,5-7H,2,4H2,1H3. The second-order valence-electron chi connectivity index (χ2n) is 2.18. The first kappa shape index (κ1) is 7.65. The van der Waals surface area contributed by atoms with E-state index in [9.17, 15) is 4.79 Å². The van der Waals surface area contributed by atoms with E-state index >= 15 is 0 Å². The van der Waals surface area contributed by atoms with Gasteiger partial charge in [-0.15, -0.1) is 0 Å². The Bertz CT molecular complexity index is 118. The molecule has 10 heavy (non-hydrogen) atoms. The smallest absolute Gasteiger partial charge is 0.165 e. The molecule has 0 aromatic rings. The first-order valence-corrected chi connectivity index (χ1v) is 3.20. The maximum atomic E-state index is 10.1. The topological polar surface area (TPSA) is 47.6 Å². The molecule has 1 heterocycles. The molecule has 1 aliphatic rings. The van der Waals surface area contributed by atoms with Crippen LogP contribution in [0.2, 0.25) is 0 Å². The zero-order chi connectivity index (χ0) is 7.40. The highest BCUT2D eigenvalue weighted by atomic mass is 16.6. The molecule has 0 saturated carbocycles. The van der Waals surface area contributed by atoms with Crippen molar-refractivity contribution >= 4 is 6.29 Å². The third-order valence-electron chi connectivity index (χ3n) is 1.36. The van der Waals surface area contributed by atoms with E-state index in [-0.39, 0.29) is 6.10 Å². The molecule has 1 saturated heterocycles. The summed E-state index contributed by atoms with van der Waals surface area (Å²) in [6.45, 7) is 1.23. The molecule has 0 aromatic carbocycles.